The molecule has 0 amide bonds. The molecule has 1 N–H and O–H groups in total. The number of benzene rings is 4. The standard InChI is InChI=1S/C45H47BN2/c1-27-19-20-33-30(4)41(47-39-18-11-13-29(39)3)35(17-12-15-31(33)23-27)36-26-32-14-7-8-16-34(32)42-40(36)46-38-25-28(2)24-37-43(38)48(42)45(6)22-10-9-21-44(37,45)5/h7-8,11,13-14,16-17,19-20,23-26,46-47H,9-10,12,15,18,21-22H2,1-6H3/b35-17-,41-30-. The first kappa shape index (κ1) is 29.9. The maximum atomic E-state index is 4.08. The van der Waals surface area contributed by atoms with Gasteiger partial charge in [0.15, 0.2) is 7.28 Å². The Morgan fingerprint density at radius 2 is 1.67 bits per heavy atom. The number of fused-ring (bicyclic) bond motifs is 8. The summed E-state index contributed by atoms with van der Waals surface area (Å²) in [6.45, 7) is 14.3. The number of hydrogen-bond acceptors (Lipinski definition) is 2. The summed E-state index contributed by atoms with van der Waals surface area (Å²) in [5.41, 5.74) is 21.3. The number of aryl methyl sites for hydroxylation is 3. The minimum Gasteiger partial charge on any atom is -0.358 e. The molecule has 2 aliphatic heterocycles. The van der Waals surface area contributed by atoms with Crippen LogP contribution in [0, 0.1) is 13.8 Å². The zero-order valence-electron chi connectivity index (χ0n) is 29.6. The molecule has 2 nitrogen and oxygen atoms in total. The van der Waals surface area contributed by atoms with E-state index in [1.165, 1.54) is 115 Å². The van der Waals surface area contributed by atoms with Crippen LogP contribution in [0.15, 0.2) is 95.9 Å². The highest BCUT2D eigenvalue weighted by Crippen LogP contribution is 2.61. The van der Waals surface area contributed by atoms with Crippen LogP contribution < -0.4 is 21.1 Å². The Morgan fingerprint density at radius 1 is 0.833 bits per heavy atom. The average Bonchev–Trinajstić information content (AvgIpc) is 3.57. The molecule has 0 radical (unpaired) electrons. The van der Waals surface area contributed by atoms with Crippen LogP contribution in [0.3, 0.4) is 0 Å². The van der Waals surface area contributed by atoms with Gasteiger partial charge in [-0.05, 0) is 111 Å². The summed E-state index contributed by atoms with van der Waals surface area (Å²) in [7, 11) is 0.963. The molecule has 0 spiro atoms. The lowest BCUT2D eigenvalue weighted by molar-refractivity contribution is 0.195. The zero-order valence-corrected chi connectivity index (χ0v) is 29.6. The number of anilines is 2. The fourth-order valence-corrected chi connectivity index (χ4v) is 10.2. The van der Waals surface area contributed by atoms with Gasteiger partial charge in [-0.3, -0.25) is 0 Å². The quantitative estimate of drug-likeness (QED) is 0.228. The van der Waals surface area contributed by atoms with E-state index in [1.807, 2.05) is 0 Å². The molecule has 2 heterocycles. The largest absolute Gasteiger partial charge is 0.358 e. The summed E-state index contributed by atoms with van der Waals surface area (Å²) in [5.74, 6) is 0. The van der Waals surface area contributed by atoms with E-state index in [0.29, 0.717) is 0 Å². The Labute approximate surface area is 287 Å². The van der Waals surface area contributed by atoms with Crippen LogP contribution in [0.25, 0.3) is 21.9 Å². The van der Waals surface area contributed by atoms with E-state index < -0.39 is 0 Å². The van der Waals surface area contributed by atoms with Crippen molar-refractivity contribution in [2.45, 2.75) is 97.4 Å². The van der Waals surface area contributed by atoms with Crippen LogP contribution >= 0.6 is 0 Å². The van der Waals surface area contributed by atoms with Gasteiger partial charge >= 0.3 is 0 Å². The third-order valence-corrected chi connectivity index (χ3v) is 12.9. The van der Waals surface area contributed by atoms with Gasteiger partial charge in [0.25, 0.3) is 0 Å². The molecule has 3 aliphatic carbocycles. The van der Waals surface area contributed by atoms with Crippen LogP contribution in [0.2, 0.25) is 0 Å². The molecule has 0 bridgehead atoms. The van der Waals surface area contributed by atoms with Crippen molar-refractivity contribution < 1.29 is 0 Å². The Balaban J connectivity index is 1.34. The van der Waals surface area contributed by atoms with Crippen molar-refractivity contribution in [2.75, 3.05) is 4.90 Å². The maximum absolute atomic E-state index is 4.08. The molecule has 1 saturated carbocycles. The SMILES string of the molecule is CC1=C(NC2=C(/C)c3ccc(C)cc3CC/C=C\2c2cc3ccccc3c3c2Bc2cc(C)cc4c2N3C2(C)CCCCC42C)CC=C1. The first-order valence-electron chi connectivity index (χ1n) is 18.3. The number of nitrogens with zero attached hydrogens (tertiary/aromatic N) is 1. The molecular weight excluding hydrogens is 579 g/mol. The molecule has 4 aromatic carbocycles. The summed E-state index contributed by atoms with van der Waals surface area (Å²) >= 11 is 0. The maximum Gasteiger partial charge on any atom is 0.198 e. The molecule has 48 heavy (non-hydrogen) atoms. The van der Waals surface area contributed by atoms with Gasteiger partial charge in [0.2, 0.25) is 0 Å². The summed E-state index contributed by atoms with van der Waals surface area (Å²) in [4.78, 5) is 2.87. The van der Waals surface area contributed by atoms with Gasteiger partial charge in [-0.25, -0.2) is 0 Å². The van der Waals surface area contributed by atoms with Crippen molar-refractivity contribution in [1.82, 2.24) is 5.32 Å². The third-order valence-electron chi connectivity index (χ3n) is 12.9. The Hall–Kier alpha value is -4.24. The number of hydrogen-bond donors (Lipinski definition) is 1. The Kier molecular flexibility index (Phi) is 6.62. The van der Waals surface area contributed by atoms with Gasteiger partial charge in [0.1, 0.15) is 0 Å². The predicted octanol–water partition coefficient (Wildman–Crippen LogP) is 9.48. The fourth-order valence-electron chi connectivity index (χ4n) is 10.2. The van der Waals surface area contributed by atoms with Gasteiger partial charge in [-0.1, -0.05) is 109 Å². The number of nitrogens with one attached hydrogen (secondary N) is 1. The van der Waals surface area contributed by atoms with Crippen LogP contribution in [-0.4, -0.2) is 12.8 Å². The van der Waals surface area contributed by atoms with E-state index in [0.717, 1.165) is 26.5 Å². The van der Waals surface area contributed by atoms with Crippen LogP contribution in [0.4, 0.5) is 11.4 Å². The molecule has 2 atom stereocenters. The van der Waals surface area contributed by atoms with Crippen molar-refractivity contribution in [3.8, 4) is 0 Å². The molecule has 4 aromatic rings. The first-order valence-corrected chi connectivity index (χ1v) is 18.3. The second-order valence-electron chi connectivity index (χ2n) is 15.8. The van der Waals surface area contributed by atoms with Gasteiger partial charge in [-0.15, -0.1) is 0 Å². The molecule has 2 unspecified atom stereocenters. The minimum atomic E-state index is 0.0308. The van der Waals surface area contributed by atoms with Gasteiger partial charge in [-0.2, -0.15) is 0 Å². The highest BCUT2D eigenvalue weighted by Gasteiger charge is 2.59. The monoisotopic (exact) mass is 626 g/mol. The minimum absolute atomic E-state index is 0.0308. The van der Waals surface area contributed by atoms with Crippen LogP contribution in [0.1, 0.15) is 99.6 Å². The van der Waals surface area contributed by atoms with E-state index in [1.54, 1.807) is 5.56 Å². The smallest absolute Gasteiger partial charge is 0.198 e. The van der Waals surface area contributed by atoms with E-state index in [-0.39, 0.29) is 11.0 Å². The molecule has 9 rings (SSSR count). The van der Waals surface area contributed by atoms with Crippen LogP contribution in [0.5, 0.6) is 0 Å². The highest BCUT2D eigenvalue weighted by molar-refractivity contribution is 6.73. The van der Waals surface area contributed by atoms with Gasteiger partial charge in [0, 0.05) is 45.6 Å². The molecule has 1 fully saturated rings. The lowest BCUT2D eigenvalue weighted by Crippen LogP contribution is -2.57. The lowest BCUT2D eigenvalue weighted by atomic mass is 9.57. The van der Waals surface area contributed by atoms with Crippen molar-refractivity contribution in [3.63, 3.8) is 0 Å². The van der Waals surface area contributed by atoms with Gasteiger partial charge < -0.3 is 10.2 Å². The summed E-state index contributed by atoms with van der Waals surface area (Å²) < 4.78 is 0. The van der Waals surface area contributed by atoms with E-state index in [9.17, 15) is 0 Å². The second-order valence-corrected chi connectivity index (χ2v) is 15.8. The van der Waals surface area contributed by atoms with Crippen molar-refractivity contribution in [1.29, 1.82) is 0 Å². The predicted molar refractivity (Wildman–Crippen MR) is 208 cm³/mol. The fraction of sp³-hybridized carbons (Fsp3) is 0.333. The second kappa shape index (κ2) is 10.6. The normalized spacial score (nSPS) is 26.6. The Morgan fingerprint density at radius 3 is 2.50 bits per heavy atom. The summed E-state index contributed by atoms with van der Waals surface area (Å²) in [5, 5.41) is 6.81. The van der Waals surface area contributed by atoms with Crippen LogP contribution in [-0.2, 0) is 11.8 Å². The first-order chi connectivity index (χ1) is 23.2. The Bertz CT molecular complexity index is 2190. The van der Waals surface area contributed by atoms with E-state index in [2.05, 4.69) is 131 Å². The molecule has 3 heteroatoms. The molecule has 0 aromatic heterocycles. The molecular formula is C45H47BN2. The molecule has 0 saturated heterocycles. The zero-order chi connectivity index (χ0) is 32.9. The van der Waals surface area contributed by atoms with E-state index in [4.69, 9.17) is 0 Å². The highest BCUT2D eigenvalue weighted by atomic mass is 15.3. The average molecular weight is 627 g/mol. The lowest BCUT2D eigenvalue weighted by Gasteiger charge is -2.51. The van der Waals surface area contributed by atoms with E-state index >= 15 is 0 Å². The summed E-state index contributed by atoms with van der Waals surface area (Å²) in [6, 6.07) is 23.8. The van der Waals surface area contributed by atoms with Crippen molar-refractivity contribution >= 4 is 51.5 Å². The third kappa shape index (κ3) is 4.12. The summed E-state index contributed by atoms with van der Waals surface area (Å²) in [6.07, 6.45) is 15.2. The topological polar surface area (TPSA) is 15.3 Å². The molecule has 5 aliphatic rings. The number of rotatable bonds is 3. The van der Waals surface area contributed by atoms with Crippen molar-refractivity contribution in [2.24, 2.45) is 0 Å². The van der Waals surface area contributed by atoms with Crippen molar-refractivity contribution in [3.05, 3.63) is 129 Å². The van der Waals surface area contributed by atoms with Gasteiger partial charge in [0.05, 0.1) is 5.54 Å². The number of allylic oxidation sites excluding steroid dienone is 6. The molecule has 240 valence electrons.